The summed E-state index contributed by atoms with van der Waals surface area (Å²) in [6.07, 6.45) is 0. The Morgan fingerprint density at radius 2 is 1.80 bits per heavy atom. The zero-order valence-corrected chi connectivity index (χ0v) is 14.0. The molecule has 0 aliphatic rings. The van der Waals surface area contributed by atoms with Crippen LogP contribution < -0.4 is 0 Å². The SMILES string of the molecule is CC(C)(C)c1nn(Cc2ccccc2Cl)c(Cl)c1CCl. The molecule has 0 aliphatic heterocycles. The molecule has 2 rings (SSSR count). The largest absolute Gasteiger partial charge is 0.249 e. The average molecular weight is 332 g/mol. The number of halogens is 3. The molecular formula is C15H17Cl3N2. The Morgan fingerprint density at radius 1 is 1.15 bits per heavy atom. The third-order valence-corrected chi connectivity index (χ3v) is 4.16. The summed E-state index contributed by atoms with van der Waals surface area (Å²) in [6.45, 7) is 6.84. The molecule has 0 amide bonds. The van der Waals surface area contributed by atoms with E-state index in [0.717, 1.165) is 16.8 Å². The Labute approximate surface area is 134 Å². The number of aromatic nitrogens is 2. The molecule has 20 heavy (non-hydrogen) atoms. The van der Waals surface area contributed by atoms with Gasteiger partial charge in [0.05, 0.1) is 18.1 Å². The molecule has 1 aromatic carbocycles. The molecular weight excluding hydrogens is 315 g/mol. The van der Waals surface area contributed by atoms with Crippen molar-refractivity contribution in [2.24, 2.45) is 0 Å². The highest BCUT2D eigenvalue weighted by Crippen LogP contribution is 2.32. The summed E-state index contributed by atoms with van der Waals surface area (Å²) in [5.74, 6) is 0.355. The minimum Gasteiger partial charge on any atom is -0.249 e. The molecule has 0 unspecified atom stereocenters. The van der Waals surface area contributed by atoms with Gasteiger partial charge >= 0.3 is 0 Å². The standard InChI is InChI=1S/C15H17Cl3N2/c1-15(2,3)13-11(8-16)14(18)20(19-13)9-10-6-4-5-7-12(10)17/h4-7H,8-9H2,1-3H3. The van der Waals surface area contributed by atoms with Gasteiger partial charge in [0, 0.05) is 16.0 Å². The van der Waals surface area contributed by atoms with E-state index in [-0.39, 0.29) is 5.41 Å². The lowest BCUT2D eigenvalue weighted by Crippen LogP contribution is -2.15. The first-order valence-corrected chi connectivity index (χ1v) is 7.68. The van der Waals surface area contributed by atoms with Gasteiger partial charge in [-0.1, -0.05) is 62.2 Å². The van der Waals surface area contributed by atoms with Gasteiger partial charge in [-0.25, -0.2) is 4.68 Å². The molecule has 2 aromatic rings. The second-order valence-electron chi connectivity index (χ2n) is 5.75. The molecule has 108 valence electrons. The zero-order chi connectivity index (χ0) is 14.9. The fourth-order valence-corrected chi connectivity index (χ4v) is 2.86. The Kier molecular flexibility index (Phi) is 4.68. The number of hydrogen-bond acceptors (Lipinski definition) is 1. The smallest absolute Gasteiger partial charge is 0.132 e. The maximum absolute atomic E-state index is 6.41. The lowest BCUT2D eigenvalue weighted by Gasteiger charge is -2.16. The topological polar surface area (TPSA) is 17.8 Å². The highest BCUT2D eigenvalue weighted by Gasteiger charge is 2.25. The predicted octanol–water partition coefficient (Wildman–Crippen LogP) is 5.27. The molecule has 5 heteroatoms. The summed E-state index contributed by atoms with van der Waals surface area (Å²) >= 11 is 18.6. The lowest BCUT2D eigenvalue weighted by atomic mass is 9.90. The second kappa shape index (κ2) is 5.97. The van der Waals surface area contributed by atoms with Crippen molar-refractivity contribution in [3.05, 3.63) is 51.3 Å². The second-order valence-corrected chi connectivity index (χ2v) is 6.78. The average Bonchev–Trinajstić information content (AvgIpc) is 2.69. The summed E-state index contributed by atoms with van der Waals surface area (Å²) < 4.78 is 1.76. The number of rotatable bonds is 3. The molecule has 0 aliphatic carbocycles. The van der Waals surface area contributed by atoms with Gasteiger partial charge in [0.25, 0.3) is 0 Å². The van der Waals surface area contributed by atoms with Crippen LogP contribution in [0.2, 0.25) is 10.2 Å². The number of nitrogens with zero attached hydrogens (tertiary/aromatic N) is 2. The number of alkyl halides is 1. The monoisotopic (exact) mass is 330 g/mol. The van der Waals surface area contributed by atoms with Crippen molar-refractivity contribution < 1.29 is 0 Å². The fourth-order valence-electron chi connectivity index (χ4n) is 2.09. The van der Waals surface area contributed by atoms with E-state index < -0.39 is 0 Å². The van der Waals surface area contributed by atoms with Gasteiger partial charge in [-0.2, -0.15) is 5.10 Å². The van der Waals surface area contributed by atoms with Crippen molar-refractivity contribution in [1.82, 2.24) is 9.78 Å². The first-order valence-electron chi connectivity index (χ1n) is 6.39. The van der Waals surface area contributed by atoms with Crippen LogP contribution in [0.1, 0.15) is 37.6 Å². The minimum atomic E-state index is -0.0976. The van der Waals surface area contributed by atoms with E-state index in [9.17, 15) is 0 Å². The van der Waals surface area contributed by atoms with E-state index in [1.54, 1.807) is 4.68 Å². The first kappa shape index (κ1) is 15.7. The Morgan fingerprint density at radius 3 is 2.30 bits per heavy atom. The van der Waals surface area contributed by atoms with Crippen LogP contribution in [0.25, 0.3) is 0 Å². The molecule has 2 nitrogen and oxygen atoms in total. The van der Waals surface area contributed by atoms with Gasteiger partial charge in [-0.15, -0.1) is 11.6 Å². The van der Waals surface area contributed by atoms with Crippen LogP contribution in [0.3, 0.4) is 0 Å². The van der Waals surface area contributed by atoms with Crippen molar-refractivity contribution >= 4 is 34.8 Å². The Balaban J connectivity index is 2.44. The van der Waals surface area contributed by atoms with Gasteiger partial charge in [0.2, 0.25) is 0 Å². The first-order chi connectivity index (χ1) is 9.34. The molecule has 1 aromatic heterocycles. The number of benzene rings is 1. The zero-order valence-electron chi connectivity index (χ0n) is 11.8. The summed E-state index contributed by atoms with van der Waals surface area (Å²) in [5.41, 5.74) is 2.72. The molecule has 0 radical (unpaired) electrons. The Hall–Kier alpha value is -0.700. The van der Waals surface area contributed by atoms with Crippen molar-refractivity contribution in [3.8, 4) is 0 Å². The molecule has 1 heterocycles. The molecule has 0 saturated heterocycles. The van der Waals surface area contributed by atoms with E-state index in [4.69, 9.17) is 34.8 Å². The van der Waals surface area contributed by atoms with Crippen LogP contribution in [0.4, 0.5) is 0 Å². The summed E-state index contributed by atoms with van der Waals surface area (Å²) in [5, 5.41) is 5.93. The van der Waals surface area contributed by atoms with Crippen molar-refractivity contribution in [2.75, 3.05) is 0 Å². The van der Waals surface area contributed by atoms with Crippen LogP contribution in [0.15, 0.2) is 24.3 Å². The van der Waals surface area contributed by atoms with E-state index in [2.05, 4.69) is 25.9 Å². The normalized spacial score (nSPS) is 11.9. The van der Waals surface area contributed by atoms with Gasteiger partial charge < -0.3 is 0 Å². The highest BCUT2D eigenvalue weighted by molar-refractivity contribution is 6.32. The van der Waals surface area contributed by atoms with Crippen LogP contribution in [-0.4, -0.2) is 9.78 Å². The van der Waals surface area contributed by atoms with E-state index >= 15 is 0 Å². The molecule has 0 bridgehead atoms. The fraction of sp³-hybridized carbons (Fsp3) is 0.400. The van der Waals surface area contributed by atoms with Crippen molar-refractivity contribution in [1.29, 1.82) is 0 Å². The number of hydrogen-bond donors (Lipinski definition) is 0. The molecule has 0 spiro atoms. The quantitative estimate of drug-likeness (QED) is 0.700. The highest BCUT2D eigenvalue weighted by atomic mass is 35.5. The minimum absolute atomic E-state index is 0.0976. The maximum atomic E-state index is 6.41. The van der Waals surface area contributed by atoms with Gasteiger partial charge in [-0.05, 0) is 11.6 Å². The van der Waals surface area contributed by atoms with E-state index in [1.165, 1.54) is 0 Å². The lowest BCUT2D eigenvalue weighted by molar-refractivity contribution is 0.542. The van der Waals surface area contributed by atoms with Gasteiger partial charge in [0.1, 0.15) is 5.15 Å². The van der Waals surface area contributed by atoms with Gasteiger partial charge in [0.15, 0.2) is 0 Å². The van der Waals surface area contributed by atoms with Crippen LogP contribution in [0, 0.1) is 0 Å². The van der Waals surface area contributed by atoms with Crippen molar-refractivity contribution in [2.45, 2.75) is 38.6 Å². The Bertz CT molecular complexity index is 612. The van der Waals surface area contributed by atoms with Crippen LogP contribution in [-0.2, 0) is 17.8 Å². The molecule has 0 atom stereocenters. The predicted molar refractivity (Wildman–Crippen MR) is 86.0 cm³/mol. The van der Waals surface area contributed by atoms with E-state index in [0.29, 0.717) is 22.6 Å². The molecule has 0 saturated carbocycles. The van der Waals surface area contributed by atoms with E-state index in [1.807, 2.05) is 24.3 Å². The maximum Gasteiger partial charge on any atom is 0.132 e. The van der Waals surface area contributed by atoms with Gasteiger partial charge in [-0.3, -0.25) is 0 Å². The van der Waals surface area contributed by atoms with Crippen molar-refractivity contribution in [3.63, 3.8) is 0 Å². The summed E-state index contributed by atoms with van der Waals surface area (Å²) in [4.78, 5) is 0. The van der Waals surface area contributed by atoms with Crippen LogP contribution in [0.5, 0.6) is 0 Å². The summed E-state index contributed by atoms with van der Waals surface area (Å²) in [6, 6.07) is 7.69. The molecule has 0 fully saturated rings. The summed E-state index contributed by atoms with van der Waals surface area (Å²) in [7, 11) is 0. The van der Waals surface area contributed by atoms with Crippen LogP contribution >= 0.6 is 34.8 Å². The third kappa shape index (κ3) is 3.13. The third-order valence-electron chi connectivity index (χ3n) is 3.10. The molecule has 0 N–H and O–H groups in total.